The summed E-state index contributed by atoms with van der Waals surface area (Å²) in [6.45, 7) is 1.85. The number of amidine groups is 1. The molecule has 0 aliphatic carbocycles. The lowest BCUT2D eigenvalue weighted by atomic mass is 10.7. The van der Waals surface area contributed by atoms with E-state index in [2.05, 4.69) is 4.99 Å². The Kier molecular flexibility index (Phi) is 1.33. The molecule has 0 amide bonds. The van der Waals surface area contributed by atoms with Crippen LogP contribution in [0.4, 0.5) is 0 Å². The summed E-state index contributed by atoms with van der Waals surface area (Å²) in [5.41, 5.74) is 0. The number of hydrogen-bond acceptors (Lipinski definition) is 2. The van der Waals surface area contributed by atoms with Crippen molar-refractivity contribution >= 4 is 16.8 Å². The summed E-state index contributed by atoms with van der Waals surface area (Å²) < 4.78 is 12.4. The molecule has 0 N–H and O–H groups in total. The molecule has 1 unspecified atom stereocenters. The maximum atomic E-state index is 10.7. The third kappa shape index (κ3) is 0.753. The Morgan fingerprint density at radius 3 is 2.62 bits per heavy atom. The van der Waals surface area contributed by atoms with Gasteiger partial charge < -0.3 is 0 Å². The molecule has 0 aromatic carbocycles. The van der Waals surface area contributed by atoms with Gasteiger partial charge in [0.15, 0.2) is 0 Å². The summed E-state index contributed by atoms with van der Waals surface area (Å²) in [7, 11) is 0.912. The summed E-state index contributed by atoms with van der Waals surface area (Å²) in [5.74, 6) is 1.31. The second kappa shape index (κ2) is 1.85. The predicted molar refractivity (Wildman–Crippen MR) is 33.9 cm³/mol. The van der Waals surface area contributed by atoms with Gasteiger partial charge in [-0.2, -0.15) is 0 Å². The smallest absolute Gasteiger partial charge is 0.142 e. The van der Waals surface area contributed by atoms with Crippen molar-refractivity contribution in [2.45, 2.75) is 6.92 Å². The lowest BCUT2D eigenvalue weighted by Crippen LogP contribution is -2.20. The fourth-order valence-corrected chi connectivity index (χ4v) is 1.31. The van der Waals surface area contributed by atoms with Crippen LogP contribution in [0, 0.1) is 0 Å². The van der Waals surface area contributed by atoms with Gasteiger partial charge in [-0.05, 0) is 6.92 Å². The average molecular weight is 132 g/mol. The molecular formula is C4H8N2OS. The molecule has 0 aromatic rings. The van der Waals surface area contributed by atoms with Crippen molar-refractivity contribution in [2.24, 2.45) is 4.99 Å². The van der Waals surface area contributed by atoms with Crippen molar-refractivity contribution in [2.75, 3.05) is 12.9 Å². The zero-order chi connectivity index (χ0) is 6.15. The van der Waals surface area contributed by atoms with Crippen LogP contribution in [0.1, 0.15) is 6.92 Å². The third-order valence-electron chi connectivity index (χ3n) is 1.16. The largest absolute Gasteiger partial charge is 0.281 e. The summed E-state index contributed by atoms with van der Waals surface area (Å²) in [4.78, 5) is 3.94. The van der Waals surface area contributed by atoms with Crippen molar-refractivity contribution in [3.05, 3.63) is 0 Å². The highest BCUT2D eigenvalue weighted by molar-refractivity contribution is 7.83. The van der Waals surface area contributed by atoms with E-state index in [9.17, 15) is 4.21 Å². The normalized spacial score (nSPS) is 28.5. The average Bonchev–Trinajstić information content (AvgIpc) is 1.98. The van der Waals surface area contributed by atoms with Gasteiger partial charge >= 0.3 is 0 Å². The van der Waals surface area contributed by atoms with Gasteiger partial charge in [0.1, 0.15) is 22.7 Å². The van der Waals surface area contributed by atoms with Crippen molar-refractivity contribution < 1.29 is 4.21 Å². The van der Waals surface area contributed by atoms with Crippen LogP contribution in [0.2, 0.25) is 0 Å². The van der Waals surface area contributed by atoms with Crippen LogP contribution in [0.5, 0.6) is 0 Å². The van der Waals surface area contributed by atoms with Crippen LogP contribution in [-0.2, 0) is 11.0 Å². The fraction of sp³-hybridized carbons (Fsp3) is 0.750. The molecule has 0 aromatic heterocycles. The zero-order valence-electron chi connectivity index (χ0n) is 4.92. The molecule has 46 valence electrons. The molecule has 0 fully saturated rings. The lowest BCUT2D eigenvalue weighted by Gasteiger charge is -2.05. The van der Waals surface area contributed by atoms with Crippen LogP contribution >= 0.6 is 0 Å². The number of rotatable bonds is 0. The maximum Gasteiger partial charge on any atom is 0.142 e. The molecule has 8 heavy (non-hydrogen) atoms. The molecule has 1 aliphatic rings. The Morgan fingerprint density at radius 2 is 2.50 bits per heavy atom. The summed E-state index contributed by atoms with van der Waals surface area (Å²) >= 11 is 0. The van der Waals surface area contributed by atoms with Gasteiger partial charge in [-0.3, -0.25) is 9.30 Å². The van der Waals surface area contributed by atoms with Crippen molar-refractivity contribution in [3.8, 4) is 0 Å². The highest BCUT2D eigenvalue weighted by Crippen LogP contribution is 2.02. The minimum atomic E-state index is -0.868. The van der Waals surface area contributed by atoms with Gasteiger partial charge in [0.05, 0.1) is 0 Å². The zero-order valence-corrected chi connectivity index (χ0v) is 5.73. The highest BCUT2D eigenvalue weighted by Gasteiger charge is 2.14. The Hall–Kier alpha value is -0.380. The molecule has 0 spiro atoms. The molecule has 1 atom stereocenters. The minimum Gasteiger partial charge on any atom is -0.281 e. The first-order valence-electron chi connectivity index (χ1n) is 2.35. The first-order chi connectivity index (χ1) is 3.72. The van der Waals surface area contributed by atoms with Crippen LogP contribution in [-0.4, -0.2) is 27.3 Å². The predicted octanol–water partition coefficient (Wildman–Crippen LogP) is -0.0286. The van der Waals surface area contributed by atoms with E-state index in [1.807, 2.05) is 6.92 Å². The number of hydrogen-bond donors (Lipinski definition) is 0. The highest BCUT2D eigenvalue weighted by atomic mass is 32.2. The SMILES string of the molecule is CC1=NCS(=O)N1C. The van der Waals surface area contributed by atoms with E-state index in [1.165, 1.54) is 0 Å². The first-order valence-corrected chi connectivity index (χ1v) is 3.62. The summed E-state index contributed by atoms with van der Waals surface area (Å²) in [5, 5.41) is 0. The molecule has 0 bridgehead atoms. The molecule has 0 saturated heterocycles. The van der Waals surface area contributed by atoms with Crippen LogP contribution in [0.25, 0.3) is 0 Å². The summed E-state index contributed by atoms with van der Waals surface area (Å²) in [6, 6.07) is 0. The second-order valence-corrected chi connectivity index (χ2v) is 3.10. The van der Waals surface area contributed by atoms with Crippen LogP contribution in [0.15, 0.2) is 4.99 Å². The Balaban J connectivity index is 2.72. The second-order valence-electron chi connectivity index (χ2n) is 1.65. The topological polar surface area (TPSA) is 32.7 Å². The first kappa shape index (κ1) is 5.75. The molecule has 0 saturated carbocycles. The van der Waals surface area contributed by atoms with Gasteiger partial charge in [0.2, 0.25) is 0 Å². The molecule has 1 aliphatic heterocycles. The maximum absolute atomic E-state index is 10.7. The minimum absolute atomic E-state index is 0.447. The van der Waals surface area contributed by atoms with E-state index in [-0.39, 0.29) is 0 Å². The molecule has 1 heterocycles. The van der Waals surface area contributed by atoms with E-state index >= 15 is 0 Å². The number of aliphatic imine (C=N–C) groups is 1. The summed E-state index contributed by atoms with van der Waals surface area (Å²) in [6.07, 6.45) is 0. The van der Waals surface area contributed by atoms with E-state index in [1.54, 1.807) is 11.4 Å². The van der Waals surface area contributed by atoms with Gasteiger partial charge in [-0.25, -0.2) is 4.21 Å². The van der Waals surface area contributed by atoms with E-state index in [4.69, 9.17) is 0 Å². The Morgan fingerprint density at radius 1 is 1.88 bits per heavy atom. The molecule has 1 rings (SSSR count). The van der Waals surface area contributed by atoms with Gasteiger partial charge in [-0.1, -0.05) is 0 Å². The van der Waals surface area contributed by atoms with Crippen molar-refractivity contribution in [1.29, 1.82) is 0 Å². The fourth-order valence-electron chi connectivity index (χ4n) is 0.482. The molecule has 4 heteroatoms. The standard InChI is InChI=1S/C4H8N2OS/c1-4-5-3-8(7)6(4)2/h3H2,1-2H3. The monoisotopic (exact) mass is 132 g/mol. The Labute approximate surface area is 51.0 Å². The van der Waals surface area contributed by atoms with Gasteiger partial charge in [0.25, 0.3) is 0 Å². The van der Waals surface area contributed by atoms with E-state index < -0.39 is 11.0 Å². The quantitative estimate of drug-likeness (QED) is 0.455. The third-order valence-corrected chi connectivity index (χ3v) is 2.39. The van der Waals surface area contributed by atoms with Crippen molar-refractivity contribution in [3.63, 3.8) is 0 Å². The van der Waals surface area contributed by atoms with E-state index in [0.717, 1.165) is 5.84 Å². The van der Waals surface area contributed by atoms with Gasteiger partial charge in [0, 0.05) is 7.05 Å². The van der Waals surface area contributed by atoms with Crippen LogP contribution < -0.4 is 0 Å². The van der Waals surface area contributed by atoms with Gasteiger partial charge in [-0.15, -0.1) is 0 Å². The Bertz CT molecular complexity index is 154. The molecule has 0 radical (unpaired) electrons. The number of nitrogens with zero attached hydrogens (tertiary/aromatic N) is 2. The lowest BCUT2D eigenvalue weighted by molar-refractivity contribution is 0.653. The van der Waals surface area contributed by atoms with Crippen molar-refractivity contribution in [1.82, 2.24) is 4.31 Å². The van der Waals surface area contributed by atoms with E-state index in [0.29, 0.717) is 5.88 Å². The molecule has 3 nitrogen and oxygen atoms in total. The molecular weight excluding hydrogens is 124 g/mol. The van der Waals surface area contributed by atoms with Crippen LogP contribution in [0.3, 0.4) is 0 Å².